The Morgan fingerprint density at radius 2 is 1.90 bits per heavy atom. The van der Waals surface area contributed by atoms with Gasteiger partial charge in [0.25, 0.3) is 0 Å². The lowest BCUT2D eigenvalue weighted by atomic mass is 10.4. The van der Waals surface area contributed by atoms with Gasteiger partial charge in [0.15, 0.2) is 11.5 Å². The number of hydrogen-bond acceptors (Lipinski definition) is 9. The van der Waals surface area contributed by atoms with Crippen molar-refractivity contribution in [2.24, 2.45) is 0 Å². The fourth-order valence-corrected chi connectivity index (χ4v) is 2.02. The molecule has 0 bridgehead atoms. The van der Waals surface area contributed by atoms with Gasteiger partial charge in [0.2, 0.25) is 17.8 Å². The molecule has 1 fully saturated rings. The van der Waals surface area contributed by atoms with Gasteiger partial charge < -0.3 is 20.1 Å². The largest absolute Gasteiger partial charge is 0.479 e. The van der Waals surface area contributed by atoms with Gasteiger partial charge in [-0.1, -0.05) is 0 Å². The number of anilines is 2. The van der Waals surface area contributed by atoms with Crippen LogP contribution in [0.4, 0.5) is 11.9 Å². The number of nitrogens with zero attached hydrogens (tertiary/aromatic N) is 6. The second kappa shape index (κ2) is 5.83. The fourth-order valence-electron chi connectivity index (χ4n) is 2.02. The summed E-state index contributed by atoms with van der Waals surface area (Å²) in [5, 5.41) is 0. The monoisotopic (exact) mass is 289 g/mol. The van der Waals surface area contributed by atoms with E-state index in [0.29, 0.717) is 49.6 Å². The maximum atomic E-state index is 5.79. The second-order valence-electron chi connectivity index (χ2n) is 4.33. The maximum Gasteiger partial charge on any atom is 0.243 e. The molecule has 2 aromatic heterocycles. The van der Waals surface area contributed by atoms with E-state index in [9.17, 15) is 0 Å². The molecule has 0 aromatic carbocycles. The minimum atomic E-state index is 0.134. The summed E-state index contributed by atoms with van der Waals surface area (Å²) >= 11 is 0. The van der Waals surface area contributed by atoms with E-state index in [0.717, 1.165) is 0 Å². The third-order valence-corrected chi connectivity index (χ3v) is 3.00. The molecule has 2 aromatic rings. The molecule has 2 N–H and O–H groups in total. The Balaban J connectivity index is 2.01. The first-order valence-electron chi connectivity index (χ1n) is 6.47. The molecule has 110 valence electrons. The van der Waals surface area contributed by atoms with E-state index < -0.39 is 0 Å². The van der Waals surface area contributed by atoms with Crippen molar-refractivity contribution in [3.05, 3.63) is 12.4 Å². The number of hydrogen-bond donors (Lipinski definition) is 1. The van der Waals surface area contributed by atoms with Crippen molar-refractivity contribution in [1.29, 1.82) is 0 Å². The minimum Gasteiger partial charge on any atom is -0.479 e. The fraction of sp³-hybridized carbons (Fsp3) is 0.417. The Morgan fingerprint density at radius 1 is 1.14 bits per heavy atom. The summed E-state index contributed by atoms with van der Waals surface area (Å²) in [7, 11) is 1.51. The van der Waals surface area contributed by atoms with Crippen molar-refractivity contribution in [2.45, 2.75) is 0 Å². The van der Waals surface area contributed by atoms with Crippen molar-refractivity contribution in [2.75, 3.05) is 44.0 Å². The Kier molecular flexibility index (Phi) is 3.73. The molecular formula is C12H15N7O2. The molecule has 9 nitrogen and oxygen atoms in total. The summed E-state index contributed by atoms with van der Waals surface area (Å²) < 4.78 is 10.5. The first-order valence-corrected chi connectivity index (χ1v) is 6.47. The molecule has 0 saturated carbocycles. The van der Waals surface area contributed by atoms with Crippen LogP contribution in [0.3, 0.4) is 0 Å². The first kappa shape index (κ1) is 13.4. The van der Waals surface area contributed by atoms with Gasteiger partial charge in [-0.25, -0.2) is 9.97 Å². The predicted octanol–water partition coefficient (Wildman–Crippen LogP) is -0.244. The van der Waals surface area contributed by atoms with Crippen LogP contribution in [0.1, 0.15) is 0 Å². The lowest BCUT2D eigenvalue weighted by molar-refractivity contribution is 0.122. The van der Waals surface area contributed by atoms with Crippen LogP contribution in [0.2, 0.25) is 0 Å². The first-order chi connectivity index (χ1) is 10.3. The Bertz CT molecular complexity index is 631. The van der Waals surface area contributed by atoms with Crippen LogP contribution in [0.25, 0.3) is 11.5 Å². The Hall–Kier alpha value is -2.55. The summed E-state index contributed by atoms with van der Waals surface area (Å²) in [4.78, 5) is 23.0. The van der Waals surface area contributed by atoms with Gasteiger partial charge in [-0.3, -0.25) is 0 Å². The normalized spacial score (nSPS) is 15.0. The zero-order chi connectivity index (χ0) is 14.7. The molecular weight excluding hydrogens is 274 g/mol. The van der Waals surface area contributed by atoms with Gasteiger partial charge in [-0.05, 0) is 0 Å². The van der Waals surface area contributed by atoms with Gasteiger partial charge in [0.1, 0.15) is 0 Å². The molecule has 0 aliphatic carbocycles. The topological polar surface area (TPSA) is 112 Å². The number of methoxy groups -OCH3 is 1. The smallest absolute Gasteiger partial charge is 0.243 e. The molecule has 0 atom stereocenters. The number of nitrogens with two attached hydrogens (primary N) is 1. The third kappa shape index (κ3) is 2.82. The van der Waals surface area contributed by atoms with Gasteiger partial charge >= 0.3 is 0 Å². The average Bonchev–Trinajstić information content (AvgIpc) is 2.55. The van der Waals surface area contributed by atoms with E-state index in [1.165, 1.54) is 13.3 Å². The number of morpholine rings is 1. The van der Waals surface area contributed by atoms with Crippen LogP contribution in [-0.2, 0) is 4.74 Å². The van der Waals surface area contributed by atoms with E-state index in [4.69, 9.17) is 15.2 Å². The van der Waals surface area contributed by atoms with Crippen LogP contribution >= 0.6 is 0 Å². The van der Waals surface area contributed by atoms with Crippen molar-refractivity contribution in [1.82, 2.24) is 24.9 Å². The van der Waals surface area contributed by atoms with E-state index in [2.05, 4.69) is 24.9 Å². The van der Waals surface area contributed by atoms with Crippen LogP contribution in [0, 0.1) is 0 Å². The van der Waals surface area contributed by atoms with Gasteiger partial charge in [-0.2, -0.15) is 15.0 Å². The zero-order valence-corrected chi connectivity index (χ0v) is 11.6. The molecule has 1 aliphatic rings. The van der Waals surface area contributed by atoms with E-state index in [1.807, 2.05) is 4.90 Å². The highest BCUT2D eigenvalue weighted by molar-refractivity contribution is 5.58. The predicted molar refractivity (Wildman–Crippen MR) is 74.8 cm³/mol. The lowest BCUT2D eigenvalue weighted by Gasteiger charge is -2.26. The summed E-state index contributed by atoms with van der Waals surface area (Å²) in [5.74, 6) is 1.33. The Labute approximate surface area is 121 Å². The van der Waals surface area contributed by atoms with E-state index >= 15 is 0 Å². The van der Waals surface area contributed by atoms with E-state index in [1.54, 1.807) is 6.20 Å². The lowest BCUT2D eigenvalue weighted by Crippen LogP contribution is -2.37. The van der Waals surface area contributed by atoms with Crippen LogP contribution in [0.5, 0.6) is 5.88 Å². The van der Waals surface area contributed by atoms with Crippen molar-refractivity contribution in [3.63, 3.8) is 0 Å². The highest BCUT2D eigenvalue weighted by atomic mass is 16.5. The van der Waals surface area contributed by atoms with Gasteiger partial charge in [0.05, 0.1) is 20.3 Å². The summed E-state index contributed by atoms with van der Waals surface area (Å²) in [5.41, 5.74) is 6.22. The third-order valence-electron chi connectivity index (χ3n) is 3.00. The van der Waals surface area contributed by atoms with E-state index in [-0.39, 0.29) is 5.95 Å². The van der Waals surface area contributed by atoms with Crippen LogP contribution in [-0.4, -0.2) is 58.3 Å². The Morgan fingerprint density at radius 3 is 2.67 bits per heavy atom. The summed E-state index contributed by atoms with van der Waals surface area (Å²) in [6.45, 7) is 2.69. The van der Waals surface area contributed by atoms with Crippen molar-refractivity contribution < 1.29 is 9.47 Å². The second-order valence-corrected chi connectivity index (χ2v) is 4.33. The highest BCUT2D eigenvalue weighted by Gasteiger charge is 2.19. The molecule has 9 heteroatoms. The molecule has 3 heterocycles. The highest BCUT2D eigenvalue weighted by Crippen LogP contribution is 2.23. The molecule has 0 radical (unpaired) electrons. The molecule has 0 amide bonds. The number of aromatic nitrogens is 5. The summed E-state index contributed by atoms with van der Waals surface area (Å²) in [6.07, 6.45) is 3.09. The van der Waals surface area contributed by atoms with Crippen molar-refractivity contribution >= 4 is 11.9 Å². The van der Waals surface area contributed by atoms with Crippen molar-refractivity contribution in [3.8, 4) is 17.4 Å². The summed E-state index contributed by atoms with van der Waals surface area (Å²) in [6, 6.07) is 0. The minimum absolute atomic E-state index is 0.134. The standard InChI is InChI=1S/C12H15N7O2/c1-20-10-8(14-2-3-15-10)9-16-11(13)18-12(17-9)19-4-6-21-7-5-19/h2-3H,4-7H2,1H3,(H2,13,16,17,18). The van der Waals surface area contributed by atoms with Crippen LogP contribution in [0.15, 0.2) is 12.4 Å². The SMILES string of the molecule is COc1nccnc1-c1nc(N)nc(N2CCOCC2)n1. The maximum absolute atomic E-state index is 5.79. The molecule has 0 spiro atoms. The molecule has 21 heavy (non-hydrogen) atoms. The molecule has 0 unspecified atom stereocenters. The molecule has 1 aliphatic heterocycles. The van der Waals surface area contributed by atoms with Crippen LogP contribution < -0.4 is 15.4 Å². The number of rotatable bonds is 3. The molecule has 1 saturated heterocycles. The zero-order valence-electron chi connectivity index (χ0n) is 11.6. The quantitative estimate of drug-likeness (QED) is 0.817. The number of ether oxygens (including phenoxy) is 2. The van der Waals surface area contributed by atoms with Gasteiger partial charge in [-0.15, -0.1) is 0 Å². The number of nitrogen functional groups attached to an aromatic ring is 1. The average molecular weight is 289 g/mol. The van der Waals surface area contributed by atoms with Gasteiger partial charge in [0, 0.05) is 25.5 Å². The molecule has 3 rings (SSSR count).